The van der Waals surface area contributed by atoms with Crippen LogP contribution in [0, 0.1) is 5.82 Å². The Kier molecular flexibility index (Phi) is 7.27. The van der Waals surface area contributed by atoms with Crippen LogP contribution in [0.1, 0.15) is 32.0 Å². The Bertz CT molecular complexity index is 1390. The number of hydrogen-bond acceptors (Lipinski definition) is 6. The standard InChI is InChI=1S/C24H18BrFN6O3/c25-18-12-17(10-11-19(18)26)29-21(27)20-22(32-35-31-20)30-24(34)16-8-6-14(7-9-16)13-28-23(33)15-4-2-1-3-5-15/h1-12H,13H2,(H2,27,29)(H,28,33)(H,30,32,34). The lowest BCUT2D eigenvalue weighted by Gasteiger charge is -2.07. The average molecular weight is 537 g/mol. The number of nitrogens with two attached hydrogens (primary N) is 1. The molecule has 4 rings (SSSR count). The van der Waals surface area contributed by atoms with Crippen LogP contribution in [0.25, 0.3) is 0 Å². The molecule has 0 aliphatic carbocycles. The van der Waals surface area contributed by atoms with Crippen molar-refractivity contribution < 1.29 is 18.6 Å². The highest BCUT2D eigenvalue weighted by Crippen LogP contribution is 2.23. The number of aliphatic imine (C=N–C) groups is 1. The highest BCUT2D eigenvalue weighted by Gasteiger charge is 2.18. The van der Waals surface area contributed by atoms with Crippen molar-refractivity contribution in [3.05, 3.63) is 105 Å². The SMILES string of the molecule is NC(=Nc1ccc(F)c(Br)c1)c1nonc1NC(=O)c1ccc(CNC(=O)c2ccccc2)cc1. The zero-order valence-electron chi connectivity index (χ0n) is 18.0. The van der Waals surface area contributed by atoms with E-state index in [4.69, 9.17) is 10.4 Å². The maximum Gasteiger partial charge on any atom is 0.256 e. The van der Waals surface area contributed by atoms with Gasteiger partial charge in [-0.05, 0) is 74.3 Å². The Morgan fingerprint density at radius 2 is 1.69 bits per heavy atom. The third-order valence-electron chi connectivity index (χ3n) is 4.82. The van der Waals surface area contributed by atoms with E-state index in [-0.39, 0.29) is 27.7 Å². The molecule has 9 nitrogen and oxygen atoms in total. The smallest absolute Gasteiger partial charge is 0.256 e. The first-order chi connectivity index (χ1) is 16.9. The van der Waals surface area contributed by atoms with E-state index < -0.39 is 11.7 Å². The van der Waals surface area contributed by atoms with Crippen molar-refractivity contribution in [1.29, 1.82) is 0 Å². The predicted octanol–water partition coefficient (Wildman–Crippen LogP) is 4.19. The first-order valence-electron chi connectivity index (χ1n) is 10.3. The molecule has 0 atom stereocenters. The molecule has 3 aromatic carbocycles. The molecule has 0 bridgehead atoms. The first-order valence-corrected chi connectivity index (χ1v) is 11.1. The number of nitrogens with one attached hydrogen (secondary N) is 2. The molecule has 4 aromatic rings. The van der Waals surface area contributed by atoms with E-state index in [2.05, 4.69) is 41.9 Å². The molecular weight excluding hydrogens is 519 g/mol. The van der Waals surface area contributed by atoms with E-state index in [1.807, 2.05) is 6.07 Å². The van der Waals surface area contributed by atoms with E-state index in [0.29, 0.717) is 23.4 Å². The topological polar surface area (TPSA) is 136 Å². The summed E-state index contributed by atoms with van der Waals surface area (Å²) in [6.07, 6.45) is 0. The maximum atomic E-state index is 13.4. The van der Waals surface area contributed by atoms with Gasteiger partial charge in [0.2, 0.25) is 5.82 Å². The van der Waals surface area contributed by atoms with Crippen molar-refractivity contribution in [3.8, 4) is 0 Å². The summed E-state index contributed by atoms with van der Waals surface area (Å²) in [5, 5.41) is 12.8. The molecule has 0 fully saturated rings. The van der Waals surface area contributed by atoms with E-state index in [1.54, 1.807) is 48.5 Å². The summed E-state index contributed by atoms with van der Waals surface area (Å²) >= 11 is 3.08. The molecule has 35 heavy (non-hydrogen) atoms. The van der Waals surface area contributed by atoms with Crippen molar-refractivity contribution in [1.82, 2.24) is 15.6 Å². The third-order valence-corrected chi connectivity index (χ3v) is 5.43. The minimum atomic E-state index is -0.473. The van der Waals surface area contributed by atoms with E-state index in [1.165, 1.54) is 18.2 Å². The lowest BCUT2D eigenvalue weighted by molar-refractivity contribution is 0.0949. The number of carbonyl (C=O) groups is 2. The number of amides is 2. The van der Waals surface area contributed by atoms with Crippen LogP contribution in [0.2, 0.25) is 0 Å². The van der Waals surface area contributed by atoms with Crippen LogP contribution in [0.4, 0.5) is 15.9 Å². The number of nitrogens with zero attached hydrogens (tertiary/aromatic N) is 3. The van der Waals surface area contributed by atoms with Gasteiger partial charge in [0.1, 0.15) is 5.82 Å². The fourth-order valence-electron chi connectivity index (χ4n) is 3.01. The lowest BCUT2D eigenvalue weighted by atomic mass is 10.1. The molecule has 2 amide bonds. The molecule has 176 valence electrons. The van der Waals surface area contributed by atoms with Gasteiger partial charge < -0.3 is 16.4 Å². The highest BCUT2D eigenvalue weighted by molar-refractivity contribution is 9.10. The third kappa shape index (κ3) is 5.95. The number of aromatic nitrogens is 2. The van der Waals surface area contributed by atoms with E-state index in [9.17, 15) is 14.0 Å². The van der Waals surface area contributed by atoms with Gasteiger partial charge in [-0.2, -0.15) is 0 Å². The van der Waals surface area contributed by atoms with Gasteiger partial charge in [0.15, 0.2) is 11.5 Å². The molecule has 0 aliphatic rings. The molecule has 0 spiro atoms. The molecule has 1 heterocycles. The highest BCUT2D eigenvalue weighted by atomic mass is 79.9. The van der Waals surface area contributed by atoms with Crippen LogP contribution < -0.4 is 16.4 Å². The number of hydrogen-bond donors (Lipinski definition) is 3. The summed E-state index contributed by atoms with van der Waals surface area (Å²) in [6.45, 7) is 0.305. The minimum absolute atomic E-state index is 0.0170. The number of anilines is 1. The van der Waals surface area contributed by atoms with Gasteiger partial charge in [-0.3, -0.25) is 9.59 Å². The van der Waals surface area contributed by atoms with Gasteiger partial charge in [0.05, 0.1) is 10.2 Å². The van der Waals surface area contributed by atoms with Gasteiger partial charge in [-0.1, -0.05) is 30.3 Å². The minimum Gasteiger partial charge on any atom is -0.382 e. The second kappa shape index (κ2) is 10.7. The van der Waals surface area contributed by atoms with Crippen molar-refractivity contribution in [2.75, 3.05) is 5.32 Å². The van der Waals surface area contributed by atoms with E-state index in [0.717, 1.165) is 5.56 Å². The van der Waals surface area contributed by atoms with Crippen LogP contribution >= 0.6 is 15.9 Å². The summed E-state index contributed by atoms with van der Waals surface area (Å²) < 4.78 is 18.4. The van der Waals surface area contributed by atoms with Crippen molar-refractivity contribution in [2.24, 2.45) is 10.7 Å². The second-order valence-electron chi connectivity index (χ2n) is 7.26. The van der Waals surface area contributed by atoms with Gasteiger partial charge in [-0.15, -0.1) is 0 Å². The Balaban J connectivity index is 1.39. The zero-order chi connectivity index (χ0) is 24.8. The number of rotatable bonds is 7. The largest absolute Gasteiger partial charge is 0.382 e. The Morgan fingerprint density at radius 1 is 0.971 bits per heavy atom. The van der Waals surface area contributed by atoms with Gasteiger partial charge in [0.25, 0.3) is 11.8 Å². The number of halogens is 2. The zero-order valence-corrected chi connectivity index (χ0v) is 19.6. The molecular formula is C24H18BrFN6O3. The molecule has 4 N–H and O–H groups in total. The van der Waals surface area contributed by atoms with Crippen LogP contribution in [0.3, 0.4) is 0 Å². The van der Waals surface area contributed by atoms with Crippen LogP contribution in [-0.2, 0) is 6.54 Å². The van der Waals surface area contributed by atoms with Crippen molar-refractivity contribution in [2.45, 2.75) is 6.54 Å². The van der Waals surface area contributed by atoms with Crippen LogP contribution in [-0.4, -0.2) is 28.0 Å². The lowest BCUT2D eigenvalue weighted by Crippen LogP contribution is -2.22. The second-order valence-corrected chi connectivity index (χ2v) is 8.11. The molecule has 11 heteroatoms. The quantitative estimate of drug-likeness (QED) is 0.239. The Morgan fingerprint density at radius 3 is 2.40 bits per heavy atom. The normalized spacial score (nSPS) is 11.2. The monoisotopic (exact) mass is 536 g/mol. The molecule has 0 saturated heterocycles. The van der Waals surface area contributed by atoms with E-state index >= 15 is 0 Å². The fraction of sp³-hybridized carbons (Fsp3) is 0.0417. The van der Waals surface area contributed by atoms with Gasteiger partial charge in [-0.25, -0.2) is 14.0 Å². The predicted molar refractivity (Wildman–Crippen MR) is 131 cm³/mol. The molecule has 0 unspecified atom stereocenters. The molecule has 0 radical (unpaired) electrons. The number of amidine groups is 1. The van der Waals surface area contributed by atoms with Crippen molar-refractivity contribution >= 4 is 45.1 Å². The van der Waals surface area contributed by atoms with Crippen LogP contribution in [0.15, 0.2) is 86.9 Å². The first kappa shape index (κ1) is 23.8. The van der Waals surface area contributed by atoms with Crippen molar-refractivity contribution in [3.63, 3.8) is 0 Å². The van der Waals surface area contributed by atoms with Crippen LogP contribution in [0.5, 0.6) is 0 Å². The maximum absolute atomic E-state index is 13.4. The fourth-order valence-corrected chi connectivity index (χ4v) is 3.38. The molecule has 0 saturated carbocycles. The summed E-state index contributed by atoms with van der Waals surface area (Å²) in [5.41, 5.74) is 8.10. The summed E-state index contributed by atoms with van der Waals surface area (Å²) in [6, 6.07) is 19.7. The average Bonchev–Trinajstić information content (AvgIpc) is 3.34. The molecule has 0 aliphatic heterocycles. The van der Waals surface area contributed by atoms with Gasteiger partial charge in [0, 0.05) is 17.7 Å². The number of carbonyl (C=O) groups excluding carboxylic acids is 2. The Hall–Kier alpha value is -4.38. The Labute approximate surface area is 207 Å². The summed E-state index contributed by atoms with van der Waals surface area (Å²) in [7, 11) is 0. The molecule has 1 aromatic heterocycles. The summed E-state index contributed by atoms with van der Waals surface area (Å²) in [5.74, 6) is -1.20. The van der Waals surface area contributed by atoms with Gasteiger partial charge >= 0.3 is 0 Å². The number of benzene rings is 3. The summed E-state index contributed by atoms with van der Waals surface area (Å²) in [4.78, 5) is 29.0.